The van der Waals surface area contributed by atoms with Crippen molar-refractivity contribution >= 4 is 0 Å². The Morgan fingerprint density at radius 2 is 1.69 bits per heavy atom. The van der Waals surface area contributed by atoms with Crippen molar-refractivity contribution in [2.45, 2.75) is 46.5 Å². The lowest BCUT2D eigenvalue weighted by Crippen LogP contribution is -2.01. The third-order valence-corrected chi connectivity index (χ3v) is 2.93. The highest BCUT2D eigenvalue weighted by molar-refractivity contribution is 5.32. The van der Waals surface area contributed by atoms with Gasteiger partial charge in [0, 0.05) is 5.92 Å². The molecule has 90 valence electrons. The molecule has 16 heavy (non-hydrogen) atoms. The second-order valence-electron chi connectivity index (χ2n) is 5.09. The van der Waals surface area contributed by atoms with E-state index in [4.69, 9.17) is 0 Å². The van der Waals surface area contributed by atoms with Crippen LogP contribution < -0.4 is 0 Å². The van der Waals surface area contributed by atoms with Crippen LogP contribution in [0, 0.1) is 5.92 Å². The molecule has 0 aliphatic heterocycles. The van der Waals surface area contributed by atoms with Gasteiger partial charge in [-0.1, -0.05) is 45.9 Å². The maximum Gasteiger partial charge on any atom is 0.0960 e. The Morgan fingerprint density at radius 1 is 1.06 bits per heavy atom. The molecule has 1 aromatic rings. The first-order valence-corrected chi connectivity index (χ1v) is 6.25. The first-order valence-electron chi connectivity index (χ1n) is 6.25. The van der Waals surface area contributed by atoms with Crippen molar-refractivity contribution < 1.29 is 4.39 Å². The molecule has 1 rings (SSSR count). The Hall–Kier alpha value is -0.850. The molecule has 0 aromatic heterocycles. The number of hydrogen-bond donors (Lipinski definition) is 0. The van der Waals surface area contributed by atoms with Crippen LogP contribution in [0.1, 0.15) is 50.3 Å². The fourth-order valence-corrected chi connectivity index (χ4v) is 1.96. The van der Waals surface area contributed by atoms with E-state index in [0.717, 1.165) is 18.4 Å². The van der Waals surface area contributed by atoms with Gasteiger partial charge in [0.25, 0.3) is 0 Å². The van der Waals surface area contributed by atoms with E-state index in [1.807, 2.05) is 6.92 Å². The second kappa shape index (κ2) is 6.03. The minimum absolute atomic E-state index is 0.0254. The lowest BCUT2D eigenvalue weighted by atomic mass is 9.93. The van der Waals surface area contributed by atoms with Crippen LogP contribution in [0.2, 0.25) is 0 Å². The molecule has 0 nitrogen and oxygen atoms in total. The van der Waals surface area contributed by atoms with Gasteiger partial charge in [0.1, 0.15) is 0 Å². The molecule has 0 amide bonds. The van der Waals surface area contributed by atoms with Crippen molar-refractivity contribution in [1.82, 2.24) is 0 Å². The highest BCUT2D eigenvalue weighted by atomic mass is 19.1. The Morgan fingerprint density at radius 3 is 2.19 bits per heavy atom. The Labute approximate surface area is 98.9 Å². The second-order valence-corrected chi connectivity index (χ2v) is 5.09. The molecule has 0 saturated heterocycles. The lowest BCUT2D eigenvalue weighted by Gasteiger charge is -2.13. The minimum atomic E-state index is -0.270. The number of hydrogen-bond acceptors (Lipinski definition) is 0. The van der Waals surface area contributed by atoms with E-state index < -0.39 is 0 Å². The minimum Gasteiger partial charge on any atom is -0.250 e. The van der Waals surface area contributed by atoms with E-state index in [9.17, 15) is 4.39 Å². The molecule has 1 aromatic carbocycles. The molecular formula is C15H23F. The summed E-state index contributed by atoms with van der Waals surface area (Å²) in [6, 6.07) is 6.58. The quantitative estimate of drug-likeness (QED) is 0.687. The van der Waals surface area contributed by atoms with Crippen LogP contribution in [0.3, 0.4) is 0 Å². The fraction of sp³-hybridized carbons (Fsp3) is 0.600. The molecular weight excluding hydrogens is 199 g/mol. The summed E-state index contributed by atoms with van der Waals surface area (Å²) < 4.78 is 12.7. The normalized spacial score (nSPS) is 13.1. The molecule has 0 saturated carbocycles. The molecule has 0 fully saturated rings. The van der Waals surface area contributed by atoms with Crippen LogP contribution in [0.25, 0.3) is 0 Å². The van der Waals surface area contributed by atoms with Crippen LogP contribution in [-0.4, -0.2) is 6.67 Å². The molecule has 0 spiro atoms. The van der Waals surface area contributed by atoms with Gasteiger partial charge in [-0.15, -0.1) is 0 Å². The fourth-order valence-electron chi connectivity index (χ4n) is 1.96. The van der Waals surface area contributed by atoms with Gasteiger partial charge >= 0.3 is 0 Å². The maximum atomic E-state index is 12.7. The number of halogens is 1. The zero-order valence-electron chi connectivity index (χ0n) is 10.9. The van der Waals surface area contributed by atoms with Gasteiger partial charge < -0.3 is 0 Å². The molecule has 1 atom stereocenters. The third kappa shape index (κ3) is 3.62. The number of benzene rings is 1. The average Bonchev–Trinajstić information content (AvgIpc) is 2.26. The molecule has 0 N–H and O–H groups in total. The molecule has 0 heterocycles. The van der Waals surface area contributed by atoms with Crippen molar-refractivity contribution in [2.75, 3.05) is 6.67 Å². The lowest BCUT2D eigenvalue weighted by molar-refractivity contribution is 0.447. The summed E-state index contributed by atoms with van der Waals surface area (Å²) >= 11 is 0. The van der Waals surface area contributed by atoms with E-state index in [2.05, 4.69) is 39.0 Å². The zero-order chi connectivity index (χ0) is 12.1. The summed E-state index contributed by atoms with van der Waals surface area (Å²) in [5.74, 6) is 0.679. The van der Waals surface area contributed by atoms with Crippen LogP contribution in [0.4, 0.5) is 4.39 Å². The monoisotopic (exact) mass is 222 g/mol. The summed E-state index contributed by atoms with van der Waals surface area (Å²) in [4.78, 5) is 0. The highest BCUT2D eigenvalue weighted by Crippen LogP contribution is 2.21. The Kier molecular flexibility index (Phi) is 4.98. The molecule has 0 radical (unpaired) electrons. The summed E-state index contributed by atoms with van der Waals surface area (Å²) in [5.41, 5.74) is 3.83. The summed E-state index contributed by atoms with van der Waals surface area (Å²) in [6.07, 6.45) is 2.11. The van der Waals surface area contributed by atoms with Crippen LogP contribution in [-0.2, 0) is 12.8 Å². The van der Waals surface area contributed by atoms with Gasteiger partial charge in [-0.3, -0.25) is 4.39 Å². The van der Waals surface area contributed by atoms with Crippen molar-refractivity contribution in [3.63, 3.8) is 0 Å². The van der Waals surface area contributed by atoms with E-state index in [0.29, 0.717) is 5.92 Å². The van der Waals surface area contributed by atoms with Gasteiger partial charge in [0.2, 0.25) is 0 Å². The van der Waals surface area contributed by atoms with Gasteiger partial charge in [0.05, 0.1) is 6.67 Å². The SMILES string of the molecule is CCc1cc(CC(C)C)cc(C(C)CF)c1. The first-order chi connectivity index (χ1) is 7.56. The van der Waals surface area contributed by atoms with Crippen molar-refractivity contribution in [2.24, 2.45) is 5.92 Å². The van der Waals surface area contributed by atoms with Gasteiger partial charge in [-0.2, -0.15) is 0 Å². The average molecular weight is 222 g/mol. The standard InChI is InChI=1S/C15H23F/c1-5-13-7-14(6-11(2)3)9-15(8-13)12(4)10-16/h7-9,11-12H,5-6,10H2,1-4H3. The molecule has 0 bridgehead atoms. The number of alkyl halides is 1. The van der Waals surface area contributed by atoms with Gasteiger partial charge in [-0.25, -0.2) is 0 Å². The predicted molar refractivity (Wildman–Crippen MR) is 68.8 cm³/mol. The topological polar surface area (TPSA) is 0 Å². The van der Waals surface area contributed by atoms with Crippen molar-refractivity contribution in [3.05, 3.63) is 34.9 Å². The summed E-state index contributed by atoms with van der Waals surface area (Å²) in [5, 5.41) is 0. The Bertz CT molecular complexity index is 328. The Balaban J connectivity index is 3.00. The van der Waals surface area contributed by atoms with Gasteiger partial charge in [-0.05, 0) is 35.4 Å². The molecule has 1 heteroatoms. The number of aryl methyl sites for hydroxylation is 1. The van der Waals surface area contributed by atoms with Gasteiger partial charge in [0.15, 0.2) is 0 Å². The first kappa shape index (κ1) is 13.2. The van der Waals surface area contributed by atoms with Crippen molar-refractivity contribution in [1.29, 1.82) is 0 Å². The summed E-state index contributed by atoms with van der Waals surface area (Å²) in [7, 11) is 0. The van der Waals surface area contributed by atoms with Crippen LogP contribution in [0.15, 0.2) is 18.2 Å². The molecule has 0 aliphatic carbocycles. The predicted octanol–water partition coefficient (Wildman–Crippen LogP) is 4.52. The van der Waals surface area contributed by atoms with E-state index in [-0.39, 0.29) is 12.6 Å². The van der Waals surface area contributed by atoms with E-state index in [1.54, 1.807) is 0 Å². The molecule has 0 aliphatic rings. The highest BCUT2D eigenvalue weighted by Gasteiger charge is 2.08. The molecule has 1 unspecified atom stereocenters. The van der Waals surface area contributed by atoms with Crippen molar-refractivity contribution in [3.8, 4) is 0 Å². The third-order valence-electron chi connectivity index (χ3n) is 2.93. The van der Waals surface area contributed by atoms with E-state index in [1.165, 1.54) is 11.1 Å². The van der Waals surface area contributed by atoms with Crippen LogP contribution in [0.5, 0.6) is 0 Å². The van der Waals surface area contributed by atoms with E-state index >= 15 is 0 Å². The largest absolute Gasteiger partial charge is 0.250 e. The smallest absolute Gasteiger partial charge is 0.0960 e. The number of rotatable bonds is 5. The maximum absolute atomic E-state index is 12.7. The summed E-state index contributed by atoms with van der Waals surface area (Å²) in [6.45, 7) is 8.27. The zero-order valence-corrected chi connectivity index (χ0v) is 10.9. The van der Waals surface area contributed by atoms with Crippen LogP contribution >= 0.6 is 0 Å².